The van der Waals surface area contributed by atoms with E-state index >= 15 is 0 Å². The van der Waals surface area contributed by atoms with E-state index < -0.39 is 17.9 Å². The number of rotatable bonds is 11. The van der Waals surface area contributed by atoms with E-state index in [1.165, 1.54) is 12.3 Å². The first-order valence-corrected chi connectivity index (χ1v) is 11.0. The Morgan fingerprint density at radius 2 is 1.91 bits per heavy atom. The number of benzene rings is 2. The number of hydrazone groups is 1. The average molecular weight is 476 g/mol. The van der Waals surface area contributed by atoms with Crippen molar-refractivity contribution in [2.75, 3.05) is 13.2 Å². The molecule has 0 bridgehead atoms. The molecular weight excluding hydrogens is 446 g/mol. The predicted molar refractivity (Wildman–Crippen MR) is 128 cm³/mol. The van der Waals surface area contributed by atoms with E-state index in [-0.39, 0.29) is 29.0 Å². The minimum atomic E-state index is -0.780. The number of phenolic OH excluding ortho intramolecular Hbond substituents is 1. The first kappa shape index (κ1) is 26.0. The molecule has 178 valence electrons. The van der Waals surface area contributed by atoms with Crippen LogP contribution in [0, 0.1) is 12.8 Å². The summed E-state index contributed by atoms with van der Waals surface area (Å²) in [6, 6.07) is 9.64. The molecule has 0 fully saturated rings. The van der Waals surface area contributed by atoms with Gasteiger partial charge in [0.15, 0.2) is 18.1 Å². The number of halogens is 1. The number of aromatic hydroxyl groups is 1. The Balaban J connectivity index is 1.99. The summed E-state index contributed by atoms with van der Waals surface area (Å²) in [5, 5.41) is 16.7. The van der Waals surface area contributed by atoms with Crippen molar-refractivity contribution in [3.63, 3.8) is 0 Å². The summed E-state index contributed by atoms with van der Waals surface area (Å²) < 4.78 is 10.9. The van der Waals surface area contributed by atoms with Crippen molar-refractivity contribution in [2.45, 2.75) is 40.2 Å². The summed E-state index contributed by atoms with van der Waals surface area (Å²) in [5.74, 6) is -0.0365. The highest BCUT2D eigenvalue weighted by Crippen LogP contribution is 2.34. The zero-order chi connectivity index (χ0) is 24.4. The first-order chi connectivity index (χ1) is 15.7. The van der Waals surface area contributed by atoms with Gasteiger partial charge >= 0.3 is 0 Å². The SMILES string of the molecule is CCOc1cc(/C=N\NC(=O)[C@H](CC(C)C)NC(=O)COc2ccccc2C)cc(Cl)c1O. The molecule has 0 heterocycles. The lowest BCUT2D eigenvalue weighted by molar-refractivity contribution is -0.130. The van der Waals surface area contributed by atoms with Gasteiger partial charge in [-0.05, 0) is 55.5 Å². The molecule has 0 aliphatic carbocycles. The topological polar surface area (TPSA) is 109 Å². The van der Waals surface area contributed by atoms with Gasteiger partial charge in [0.1, 0.15) is 11.8 Å². The lowest BCUT2D eigenvalue weighted by atomic mass is 10.0. The molecule has 2 aromatic rings. The van der Waals surface area contributed by atoms with Gasteiger partial charge in [-0.15, -0.1) is 0 Å². The summed E-state index contributed by atoms with van der Waals surface area (Å²) in [5.41, 5.74) is 3.88. The Morgan fingerprint density at radius 3 is 2.58 bits per heavy atom. The minimum absolute atomic E-state index is 0.104. The number of nitrogens with zero attached hydrogens (tertiary/aromatic N) is 1. The van der Waals surface area contributed by atoms with E-state index in [0.29, 0.717) is 24.3 Å². The maximum Gasteiger partial charge on any atom is 0.262 e. The second-order valence-electron chi connectivity index (χ2n) is 7.82. The van der Waals surface area contributed by atoms with E-state index in [1.54, 1.807) is 19.1 Å². The second kappa shape index (κ2) is 12.7. The number of carbonyl (C=O) groups is 2. The number of hydrogen-bond donors (Lipinski definition) is 3. The Bertz CT molecular complexity index is 994. The molecule has 1 atom stereocenters. The quantitative estimate of drug-likeness (QED) is 0.338. The highest BCUT2D eigenvalue weighted by Gasteiger charge is 2.22. The molecule has 0 saturated heterocycles. The van der Waals surface area contributed by atoms with Gasteiger partial charge in [-0.3, -0.25) is 9.59 Å². The maximum absolute atomic E-state index is 12.7. The van der Waals surface area contributed by atoms with Crippen molar-refractivity contribution >= 4 is 29.6 Å². The fraction of sp³-hybridized carbons (Fsp3) is 0.375. The Hall–Kier alpha value is -3.26. The van der Waals surface area contributed by atoms with Crippen LogP contribution in [0.3, 0.4) is 0 Å². The molecule has 0 aliphatic rings. The number of carbonyl (C=O) groups excluding carboxylic acids is 2. The van der Waals surface area contributed by atoms with Crippen molar-refractivity contribution in [2.24, 2.45) is 11.0 Å². The van der Waals surface area contributed by atoms with Gasteiger partial charge in [0, 0.05) is 0 Å². The van der Waals surface area contributed by atoms with Crippen LogP contribution in [0.4, 0.5) is 0 Å². The summed E-state index contributed by atoms with van der Waals surface area (Å²) in [6.07, 6.45) is 1.80. The summed E-state index contributed by atoms with van der Waals surface area (Å²) in [6.45, 7) is 7.72. The zero-order valence-electron chi connectivity index (χ0n) is 19.2. The molecule has 0 unspecified atom stereocenters. The van der Waals surface area contributed by atoms with E-state index in [2.05, 4.69) is 15.8 Å². The molecule has 0 spiro atoms. The maximum atomic E-state index is 12.7. The molecule has 0 radical (unpaired) electrons. The first-order valence-electron chi connectivity index (χ1n) is 10.7. The van der Waals surface area contributed by atoms with E-state index in [9.17, 15) is 14.7 Å². The van der Waals surface area contributed by atoms with Gasteiger partial charge in [0.2, 0.25) is 0 Å². The second-order valence-corrected chi connectivity index (χ2v) is 8.23. The van der Waals surface area contributed by atoms with Crippen molar-refractivity contribution < 1.29 is 24.2 Å². The van der Waals surface area contributed by atoms with Crippen molar-refractivity contribution in [1.82, 2.24) is 10.7 Å². The molecule has 2 aromatic carbocycles. The Morgan fingerprint density at radius 1 is 1.18 bits per heavy atom. The molecule has 0 aliphatic heterocycles. The van der Waals surface area contributed by atoms with Crippen molar-refractivity contribution in [1.29, 1.82) is 0 Å². The molecule has 3 N–H and O–H groups in total. The van der Waals surface area contributed by atoms with Crippen LogP contribution >= 0.6 is 11.6 Å². The number of ether oxygens (including phenoxy) is 2. The molecular formula is C24H30ClN3O5. The van der Waals surface area contributed by atoms with Crippen LogP contribution in [0.25, 0.3) is 0 Å². The Kier molecular flexibility index (Phi) is 10.00. The number of para-hydroxylation sites is 1. The van der Waals surface area contributed by atoms with Gasteiger partial charge < -0.3 is 19.9 Å². The van der Waals surface area contributed by atoms with Crippen LogP contribution in [0.2, 0.25) is 5.02 Å². The summed E-state index contributed by atoms with van der Waals surface area (Å²) in [4.78, 5) is 25.0. The van der Waals surface area contributed by atoms with Gasteiger partial charge in [-0.2, -0.15) is 5.10 Å². The predicted octanol–water partition coefficient (Wildman–Crippen LogP) is 3.81. The van der Waals surface area contributed by atoms with E-state index in [1.807, 2.05) is 39.0 Å². The Labute approximate surface area is 198 Å². The molecule has 9 heteroatoms. The zero-order valence-corrected chi connectivity index (χ0v) is 20.0. The van der Waals surface area contributed by atoms with Crippen LogP contribution in [-0.4, -0.2) is 42.4 Å². The summed E-state index contributed by atoms with van der Waals surface area (Å²) >= 11 is 6.01. The molecule has 0 aromatic heterocycles. The van der Waals surface area contributed by atoms with Gasteiger partial charge in [0.05, 0.1) is 17.8 Å². The number of amides is 2. The van der Waals surface area contributed by atoms with Crippen LogP contribution in [0.1, 0.15) is 38.3 Å². The normalized spacial score (nSPS) is 11.9. The van der Waals surface area contributed by atoms with Gasteiger partial charge in [-0.25, -0.2) is 5.43 Å². The van der Waals surface area contributed by atoms with Crippen LogP contribution in [0.5, 0.6) is 17.2 Å². The third-order valence-electron chi connectivity index (χ3n) is 4.55. The molecule has 2 amide bonds. The number of hydrogen-bond acceptors (Lipinski definition) is 6. The highest BCUT2D eigenvalue weighted by molar-refractivity contribution is 6.32. The van der Waals surface area contributed by atoms with Crippen molar-refractivity contribution in [3.8, 4) is 17.2 Å². The molecule has 2 rings (SSSR count). The minimum Gasteiger partial charge on any atom is -0.503 e. The highest BCUT2D eigenvalue weighted by atomic mass is 35.5. The molecule has 33 heavy (non-hydrogen) atoms. The van der Waals surface area contributed by atoms with Gasteiger partial charge in [0.25, 0.3) is 11.8 Å². The van der Waals surface area contributed by atoms with Crippen LogP contribution < -0.4 is 20.2 Å². The van der Waals surface area contributed by atoms with E-state index in [4.69, 9.17) is 21.1 Å². The van der Waals surface area contributed by atoms with Gasteiger partial charge in [-0.1, -0.05) is 43.6 Å². The number of phenols is 1. The standard InChI is InChI=1S/C24H30ClN3O5/c1-5-32-21-12-17(11-18(25)23(21)30)13-26-28-24(31)19(10-15(2)3)27-22(29)14-33-20-9-7-6-8-16(20)4/h6-9,11-13,15,19,30H,5,10,14H2,1-4H3,(H,27,29)(H,28,31)/b26-13-/t19-/m0/s1. The lowest BCUT2D eigenvalue weighted by Gasteiger charge is -2.19. The number of aryl methyl sites for hydroxylation is 1. The fourth-order valence-electron chi connectivity index (χ4n) is 2.98. The molecule has 0 saturated carbocycles. The molecule has 8 nitrogen and oxygen atoms in total. The largest absolute Gasteiger partial charge is 0.503 e. The van der Waals surface area contributed by atoms with E-state index in [0.717, 1.165) is 5.56 Å². The lowest BCUT2D eigenvalue weighted by Crippen LogP contribution is -2.47. The smallest absolute Gasteiger partial charge is 0.262 e. The van der Waals surface area contributed by atoms with Crippen LogP contribution in [0.15, 0.2) is 41.5 Å². The van der Waals surface area contributed by atoms with Crippen molar-refractivity contribution in [3.05, 3.63) is 52.5 Å². The number of nitrogens with one attached hydrogen (secondary N) is 2. The summed E-state index contributed by atoms with van der Waals surface area (Å²) in [7, 11) is 0. The van der Waals surface area contributed by atoms with Crippen LogP contribution in [-0.2, 0) is 9.59 Å². The fourth-order valence-corrected chi connectivity index (χ4v) is 3.20. The average Bonchev–Trinajstić information content (AvgIpc) is 2.76. The third kappa shape index (κ3) is 8.31. The third-order valence-corrected chi connectivity index (χ3v) is 4.84. The monoisotopic (exact) mass is 475 g/mol.